The summed E-state index contributed by atoms with van der Waals surface area (Å²) in [5, 5.41) is 0. The number of hydrogen-bond donors (Lipinski definition) is 0. The average Bonchev–Trinajstić information content (AvgIpc) is 2.49. The molecule has 0 aliphatic rings. The maximum absolute atomic E-state index is 11.8. The van der Waals surface area contributed by atoms with Crippen LogP contribution in [0.5, 0.6) is 0 Å². The molecule has 0 fully saturated rings. The van der Waals surface area contributed by atoms with Gasteiger partial charge in [-0.25, -0.2) is 0 Å². The smallest absolute Gasteiger partial charge is 0.255 e. The monoisotopic (exact) mass is 249 g/mol. The fourth-order valence-electron chi connectivity index (χ4n) is 1.89. The van der Waals surface area contributed by atoms with Crippen molar-refractivity contribution in [1.29, 1.82) is 0 Å². The van der Waals surface area contributed by atoms with Gasteiger partial charge in [0, 0.05) is 36.4 Å². The van der Waals surface area contributed by atoms with E-state index in [9.17, 15) is 4.79 Å². The van der Waals surface area contributed by atoms with E-state index in [-0.39, 0.29) is 5.56 Å². The number of aromatic nitrogens is 3. The molecule has 3 heterocycles. The zero-order chi connectivity index (χ0) is 13.1. The molecule has 0 aliphatic heterocycles. The number of nitrogens with zero attached hydrogens (tertiary/aromatic N) is 3. The van der Waals surface area contributed by atoms with Gasteiger partial charge in [-0.3, -0.25) is 19.3 Å². The molecule has 4 heteroatoms. The van der Waals surface area contributed by atoms with Crippen LogP contribution in [0.4, 0.5) is 0 Å². The van der Waals surface area contributed by atoms with Gasteiger partial charge in [0.05, 0.1) is 11.4 Å². The minimum Gasteiger partial charge on any atom is -0.284 e. The zero-order valence-corrected chi connectivity index (χ0v) is 10.1. The topological polar surface area (TPSA) is 47.8 Å². The van der Waals surface area contributed by atoms with Crippen molar-refractivity contribution >= 4 is 0 Å². The fraction of sp³-hybridized carbons (Fsp3) is 0. The van der Waals surface area contributed by atoms with E-state index in [0.29, 0.717) is 0 Å². The summed E-state index contributed by atoms with van der Waals surface area (Å²) in [7, 11) is 0. The normalized spacial score (nSPS) is 10.3. The Kier molecular flexibility index (Phi) is 2.90. The molecule has 0 saturated heterocycles. The molecule has 0 amide bonds. The molecule has 0 N–H and O–H groups in total. The van der Waals surface area contributed by atoms with Crippen LogP contribution >= 0.6 is 0 Å². The van der Waals surface area contributed by atoms with Gasteiger partial charge in [0.1, 0.15) is 0 Å². The van der Waals surface area contributed by atoms with E-state index in [1.54, 1.807) is 35.4 Å². The molecular formula is C15H11N3O. The van der Waals surface area contributed by atoms with Gasteiger partial charge in [0.25, 0.3) is 5.56 Å². The van der Waals surface area contributed by atoms with Gasteiger partial charge in [-0.15, -0.1) is 0 Å². The summed E-state index contributed by atoms with van der Waals surface area (Å²) in [6.07, 6.45) is 6.88. The largest absolute Gasteiger partial charge is 0.284 e. The first-order valence-electron chi connectivity index (χ1n) is 5.89. The van der Waals surface area contributed by atoms with E-state index >= 15 is 0 Å². The molecule has 19 heavy (non-hydrogen) atoms. The Labute approximate surface area is 110 Å². The predicted octanol–water partition coefficient (Wildman–Crippen LogP) is 2.29. The lowest BCUT2D eigenvalue weighted by Gasteiger charge is -2.06. The van der Waals surface area contributed by atoms with Crippen LogP contribution in [0.3, 0.4) is 0 Å². The van der Waals surface area contributed by atoms with Crippen molar-refractivity contribution in [1.82, 2.24) is 14.5 Å². The lowest BCUT2D eigenvalue weighted by atomic mass is 10.1. The first-order valence-corrected chi connectivity index (χ1v) is 5.89. The van der Waals surface area contributed by atoms with Crippen LogP contribution in [-0.2, 0) is 0 Å². The zero-order valence-electron chi connectivity index (χ0n) is 10.1. The highest BCUT2D eigenvalue weighted by molar-refractivity contribution is 5.60. The Balaban J connectivity index is 2.11. The molecule has 4 nitrogen and oxygen atoms in total. The summed E-state index contributed by atoms with van der Waals surface area (Å²) >= 11 is 0. The molecule has 0 spiro atoms. The van der Waals surface area contributed by atoms with Crippen LogP contribution in [0.25, 0.3) is 16.9 Å². The quantitative estimate of drug-likeness (QED) is 0.700. The SMILES string of the molecule is O=c1ccccn1-c1ccnc(-c2ccncc2)c1. The molecule has 3 aromatic heterocycles. The highest BCUT2D eigenvalue weighted by atomic mass is 16.1. The van der Waals surface area contributed by atoms with Gasteiger partial charge >= 0.3 is 0 Å². The maximum Gasteiger partial charge on any atom is 0.255 e. The molecule has 0 unspecified atom stereocenters. The van der Waals surface area contributed by atoms with Gasteiger partial charge < -0.3 is 0 Å². The van der Waals surface area contributed by atoms with E-state index in [1.165, 1.54) is 6.07 Å². The first kappa shape index (κ1) is 11.3. The predicted molar refractivity (Wildman–Crippen MR) is 73.1 cm³/mol. The minimum atomic E-state index is -0.0608. The van der Waals surface area contributed by atoms with Crippen molar-refractivity contribution in [2.24, 2.45) is 0 Å². The van der Waals surface area contributed by atoms with Crippen molar-refractivity contribution < 1.29 is 0 Å². The molecule has 3 rings (SSSR count). The van der Waals surface area contributed by atoms with Crippen molar-refractivity contribution in [2.75, 3.05) is 0 Å². The van der Waals surface area contributed by atoms with Gasteiger partial charge in [0.15, 0.2) is 0 Å². The molecular weight excluding hydrogens is 238 g/mol. The second kappa shape index (κ2) is 4.86. The van der Waals surface area contributed by atoms with E-state index in [0.717, 1.165) is 16.9 Å². The van der Waals surface area contributed by atoms with Crippen LogP contribution in [0.2, 0.25) is 0 Å². The molecule has 3 aromatic rings. The van der Waals surface area contributed by atoms with E-state index in [4.69, 9.17) is 0 Å². The van der Waals surface area contributed by atoms with Crippen LogP contribution in [-0.4, -0.2) is 14.5 Å². The van der Waals surface area contributed by atoms with Gasteiger partial charge in [-0.2, -0.15) is 0 Å². The van der Waals surface area contributed by atoms with Crippen molar-refractivity contribution in [3.63, 3.8) is 0 Å². The molecule has 0 atom stereocenters. The summed E-state index contributed by atoms with van der Waals surface area (Å²) in [5.74, 6) is 0. The number of hydrogen-bond acceptors (Lipinski definition) is 3. The average molecular weight is 249 g/mol. The molecule has 0 saturated carbocycles. The second-order valence-corrected chi connectivity index (χ2v) is 4.04. The number of pyridine rings is 3. The highest BCUT2D eigenvalue weighted by Gasteiger charge is 2.02. The third-order valence-electron chi connectivity index (χ3n) is 2.82. The van der Waals surface area contributed by atoms with E-state index in [2.05, 4.69) is 9.97 Å². The molecule has 0 aromatic carbocycles. The van der Waals surface area contributed by atoms with E-state index < -0.39 is 0 Å². The summed E-state index contributed by atoms with van der Waals surface area (Å²) in [5.41, 5.74) is 2.53. The third kappa shape index (κ3) is 2.28. The Morgan fingerprint density at radius 2 is 1.79 bits per heavy atom. The second-order valence-electron chi connectivity index (χ2n) is 4.04. The first-order chi connectivity index (χ1) is 9.34. The Bertz CT molecular complexity index is 750. The third-order valence-corrected chi connectivity index (χ3v) is 2.82. The van der Waals surface area contributed by atoms with Crippen LogP contribution in [0.1, 0.15) is 0 Å². The summed E-state index contributed by atoms with van der Waals surface area (Å²) in [6, 6.07) is 12.6. The lowest BCUT2D eigenvalue weighted by molar-refractivity contribution is 0.985. The van der Waals surface area contributed by atoms with E-state index in [1.807, 2.05) is 30.3 Å². The Morgan fingerprint density at radius 3 is 2.58 bits per heavy atom. The van der Waals surface area contributed by atoms with Crippen LogP contribution < -0.4 is 5.56 Å². The van der Waals surface area contributed by atoms with Crippen LogP contribution in [0.15, 0.2) is 72.0 Å². The Morgan fingerprint density at radius 1 is 0.947 bits per heavy atom. The van der Waals surface area contributed by atoms with Crippen LogP contribution in [0, 0.1) is 0 Å². The molecule has 0 bridgehead atoms. The maximum atomic E-state index is 11.8. The molecule has 0 radical (unpaired) electrons. The van der Waals surface area contributed by atoms with Gasteiger partial charge in [-0.05, 0) is 30.3 Å². The van der Waals surface area contributed by atoms with Gasteiger partial charge in [-0.1, -0.05) is 6.07 Å². The molecule has 92 valence electrons. The highest BCUT2D eigenvalue weighted by Crippen LogP contribution is 2.17. The van der Waals surface area contributed by atoms with Crippen molar-refractivity contribution in [3.8, 4) is 16.9 Å². The standard InChI is InChI=1S/C15H11N3O/c19-15-3-1-2-10-18(15)13-6-9-17-14(11-13)12-4-7-16-8-5-12/h1-11H. The van der Waals surface area contributed by atoms with Gasteiger partial charge in [0.2, 0.25) is 0 Å². The Hall–Kier alpha value is -2.75. The summed E-state index contributed by atoms with van der Waals surface area (Å²) in [6.45, 7) is 0. The summed E-state index contributed by atoms with van der Waals surface area (Å²) in [4.78, 5) is 20.1. The van der Waals surface area contributed by atoms with Crippen molar-refractivity contribution in [2.45, 2.75) is 0 Å². The minimum absolute atomic E-state index is 0.0608. The number of rotatable bonds is 2. The van der Waals surface area contributed by atoms with Crippen molar-refractivity contribution in [3.05, 3.63) is 77.6 Å². The summed E-state index contributed by atoms with van der Waals surface area (Å²) < 4.78 is 1.59. The lowest BCUT2D eigenvalue weighted by Crippen LogP contribution is -2.15. The fourth-order valence-corrected chi connectivity index (χ4v) is 1.89. The molecule has 0 aliphatic carbocycles.